The number of carbonyl (C=O) groups is 1. The summed E-state index contributed by atoms with van der Waals surface area (Å²) in [5, 5.41) is 41.7. The van der Waals surface area contributed by atoms with E-state index in [9.17, 15) is 25.2 Å². The largest absolute Gasteiger partial charge is 0.455 e. The molecule has 0 aliphatic carbocycles. The van der Waals surface area contributed by atoms with Gasteiger partial charge in [-0.3, -0.25) is 0 Å². The predicted molar refractivity (Wildman–Crippen MR) is 168 cm³/mol. The molecule has 0 bridgehead atoms. The standard InChI is InChI=1S/C35H62O7/c1-3-4-5-6-7-8-9-10-11-15-21-31(38)33-23-24-34(42-33)32(39)22-17-16-19-29(36)18-13-12-14-20-30(37)26-28-25-27(2)41-35(28)40/h10-11,25,27,29-34,36-39H,3-9,12-24,26H2,1-2H3/b11-10-/t27-,29+,30+,31+,32+,33-,34-/m0/s1. The number of hydrogen-bond donors (Lipinski definition) is 4. The van der Waals surface area contributed by atoms with E-state index in [4.69, 9.17) is 9.47 Å². The highest BCUT2D eigenvalue weighted by Crippen LogP contribution is 2.28. The van der Waals surface area contributed by atoms with E-state index in [0.717, 1.165) is 70.6 Å². The van der Waals surface area contributed by atoms with Crippen molar-refractivity contribution in [3.8, 4) is 0 Å². The van der Waals surface area contributed by atoms with Crippen LogP contribution < -0.4 is 0 Å². The summed E-state index contributed by atoms with van der Waals surface area (Å²) >= 11 is 0. The predicted octanol–water partition coefficient (Wildman–Crippen LogP) is 6.84. The fourth-order valence-corrected chi connectivity index (χ4v) is 6.12. The molecule has 1 fully saturated rings. The summed E-state index contributed by atoms with van der Waals surface area (Å²) in [6, 6.07) is 0. The van der Waals surface area contributed by atoms with Gasteiger partial charge >= 0.3 is 5.97 Å². The normalized spacial score (nSPS) is 23.7. The average molecular weight is 595 g/mol. The number of esters is 1. The maximum atomic E-state index is 11.6. The van der Waals surface area contributed by atoms with Gasteiger partial charge in [0.2, 0.25) is 0 Å². The topological polar surface area (TPSA) is 116 Å². The van der Waals surface area contributed by atoms with Crippen LogP contribution in [-0.4, -0.2) is 69.1 Å². The third-order valence-corrected chi connectivity index (χ3v) is 8.77. The number of carbonyl (C=O) groups excluding carboxylic acids is 1. The molecule has 2 rings (SSSR count). The lowest BCUT2D eigenvalue weighted by Gasteiger charge is -2.22. The summed E-state index contributed by atoms with van der Waals surface area (Å²) in [5.74, 6) is -0.316. The molecule has 0 aromatic rings. The van der Waals surface area contributed by atoms with Crippen LogP contribution in [0.15, 0.2) is 23.8 Å². The summed E-state index contributed by atoms with van der Waals surface area (Å²) in [7, 11) is 0. The Morgan fingerprint density at radius 3 is 1.95 bits per heavy atom. The SMILES string of the molecule is CCCCCCCC/C=C\CC[C@@H](O)[C@@H]1CC[C@@H]([C@H](O)CCCC[C@H](O)CCCCC[C@@H](O)CC2=C[C@H](C)OC2=O)O1. The average Bonchev–Trinajstić information content (AvgIpc) is 3.58. The molecule has 7 atom stereocenters. The molecule has 2 aliphatic heterocycles. The molecule has 2 aliphatic rings. The summed E-state index contributed by atoms with van der Waals surface area (Å²) < 4.78 is 11.1. The second kappa shape index (κ2) is 22.3. The molecular formula is C35H62O7. The molecule has 2 heterocycles. The lowest BCUT2D eigenvalue weighted by Crippen LogP contribution is -2.31. The molecule has 0 amide bonds. The van der Waals surface area contributed by atoms with Gasteiger partial charge in [0.25, 0.3) is 0 Å². The molecule has 4 N–H and O–H groups in total. The van der Waals surface area contributed by atoms with Crippen LogP contribution >= 0.6 is 0 Å². The van der Waals surface area contributed by atoms with Crippen molar-refractivity contribution in [2.75, 3.05) is 0 Å². The van der Waals surface area contributed by atoms with Gasteiger partial charge in [-0.05, 0) is 77.2 Å². The van der Waals surface area contributed by atoms with Gasteiger partial charge < -0.3 is 29.9 Å². The number of hydrogen-bond acceptors (Lipinski definition) is 7. The third kappa shape index (κ3) is 16.0. The number of rotatable bonds is 25. The molecule has 7 nitrogen and oxygen atoms in total. The Morgan fingerprint density at radius 2 is 1.29 bits per heavy atom. The van der Waals surface area contributed by atoms with Gasteiger partial charge in [-0.2, -0.15) is 0 Å². The minimum absolute atomic E-state index is 0.181. The van der Waals surface area contributed by atoms with E-state index in [0.29, 0.717) is 31.3 Å². The van der Waals surface area contributed by atoms with Gasteiger partial charge in [0.1, 0.15) is 6.10 Å². The monoisotopic (exact) mass is 594 g/mol. The number of aliphatic hydroxyl groups excluding tert-OH is 4. The van der Waals surface area contributed by atoms with Crippen molar-refractivity contribution >= 4 is 5.97 Å². The molecule has 0 spiro atoms. The van der Waals surface area contributed by atoms with Crippen molar-refractivity contribution in [3.63, 3.8) is 0 Å². The van der Waals surface area contributed by atoms with Crippen LogP contribution in [0.3, 0.4) is 0 Å². The van der Waals surface area contributed by atoms with Crippen LogP contribution in [0, 0.1) is 0 Å². The number of aliphatic hydroxyl groups is 4. The Kier molecular flexibility index (Phi) is 19.6. The van der Waals surface area contributed by atoms with Crippen LogP contribution in [0.25, 0.3) is 0 Å². The van der Waals surface area contributed by atoms with Gasteiger partial charge in [0.05, 0.1) is 36.6 Å². The number of ether oxygens (including phenoxy) is 2. The molecule has 0 aromatic heterocycles. The Bertz CT molecular complexity index is 766. The molecule has 0 saturated carbocycles. The molecule has 244 valence electrons. The zero-order valence-corrected chi connectivity index (χ0v) is 26.6. The summed E-state index contributed by atoms with van der Waals surface area (Å²) in [6.45, 7) is 4.06. The van der Waals surface area contributed by atoms with Crippen molar-refractivity contribution in [1.82, 2.24) is 0 Å². The van der Waals surface area contributed by atoms with Gasteiger partial charge in [-0.15, -0.1) is 0 Å². The van der Waals surface area contributed by atoms with E-state index in [2.05, 4.69) is 19.1 Å². The second-order valence-electron chi connectivity index (χ2n) is 12.8. The first-order chi connectivity index (χ1) is 20.3. The van der Waals surface area contributed by atoms with Crippen molar-refractivity contribution < 1.29 is 34.7 Å². The Hall–Kier alpha value is -1.25. The Balaban J connectivity index is 1.43. The van der Waals surface area contributed by atoms with E-state index in [1.807, 2.05) is 6.92 Å². The molecular weight excluding hydrogens is 532 g/mol. The maximum Gasteiger partial charge on any atom is 0.334 e. The first-order valence-corrected chi connectivity index (χ1v) is 17.2. The minimum atomic E-state index is -0.533. The minimum Gasteiger partial charge on any atom is -0.455 e. The van der Waals surface area contributed by atoms with Crippen LogP contribution in [0.4, 0.5) is 0 Å². The number of cyclic esters (lactones) is 1. The zero-order chi connectivity index (χ0) is 30.6. The van der Waals surface area contributed by atoms with Crippen molar-refractivity contribution in [2.45, 2.75) is 191 Å². The van der Waals surface area contributed by atoms with Crippen molar-refractivity contribution in [1.29, 1.82) is 0 Å². The van der Waals surface area contributed by atoms with Crippen LogP contribution in [0.5, 0.6) is 0 Å². The van der Waals surface area contributed by atoms with Crippen molar-refractivity contribution in [3.05, 3.63) is 23.8 Å². The van der Waals surface area contributed by atoms with Gasteiger partial charge in [-0.1, -0.05) is 83.3 Å². The summed E-state index contributed by atoms with van der Waals surface area (Å²) in [6.07, 6.45) is 23.4. The Morgan fingerprint density at radius 1 is 0.738 bits per heavy atom. The lowest BCUT2D eigenvalue weighted by molar-refractivity contribution is -0.139. The van der Waals surface area contributed by atoms with Crippen LogP contribution in [-0.2, 0) is 14.3 Å². The number of unbranched alkanes of at least 4 members (excludes halogenated alkanes) is 9. The fraction of sp³-hybridized carbons (Fsp3) is 0.857. The maximum absolute atomic E-state index is 11.6. The Labute approximate surface area is 255 Å². The smallest absolute Gasteiger partial charge is 0.334 e. The lowest BCUT2D eigenvalue weighted by atomic mass is 9.99. The second-order valence-corrected chi connectivity index (χ2v) is 12.8. The first kappa shape index (κ1) is 36.9. The molecule has 7 heteroatoms. The quantitative estimate of drug-likeness (QED) is 0.0520. The van der Waals surface area contributed by atoms with E-state index in [1.165, 1.54) is 38.5 Å². The molecule has 42 heavy (non-hydrogen) atoms. The summed E-state index contributed by atoms with van der Waals surface area (Å²) in [5.41, 5.74) is 0.574. The van der Waals surface area contributed by atoms with Crippen LogP contribution in [0.1, 0.15) is 149 Å². The summed E-state index contributed by atoms with van der Waals surface area (Å²) in [4.78, 5) is 11.6. The highest BCUT2D eigenvalue weighted by atomic mass is 16.5. The highest BCUT2D eigenvalue weighted by molar-refractivity contribution is 5.90. The molecule has 0 aromatic carbocycles. The first-order valence-electron chi connectivity index (χ1n) is 17.2. The van der Waals surface area contributed by atoms with Crippen molar-refractivity contribution in [2.24, 2.45) is 0 Å². The molecule has 0 unspecified atom stereocenters. The van der Waals surface area contributed by atoms with Gasteiger partial charge in [0.15, 0.2) is 0 Å². The van der Waals surface area contributed by atoms with E-state index in [1.54, 1.807) is 6.08 Å². The van der Waals surface area contributed by atoms with Gasteiger partial charge in [0, 0.05) is 12.0 Å². The fourth-order valence-electron chi connectivity index (χ4n) is 6.12. The highest BCUT2D eigenvalue weighted by Gasteiger charge is 2.34. The van der Waals surface area contributed by atoms with E-state index in [-0.39, 0.29) is 30.4 Å². The number of allylic oxidation sites excluding steroid dienone is 2. The van der Waals surface area contributed by atoms with Gasteiger partial charge in [-0.25, -0.2) is 4.79 Å². The van der Waals surface area contributed by atoms with Crippen LogP contribution in [0.2, 0.25) is 0 Å². The third-order valence-electron chi connectivity index (χ3n) is 8.77. The van der Waals surface area contributed by atoms with E-state index >= 15 is 0 Å². The van der Waals surface area contributed by atoms with E-state index < -0.39 is 18.3 Å². The molecule has 0 radical (unpaired) electrons. The molecule has 1 saturated heterocycles. The zero-order valence-electron chi connectivity index (χ0n) is 26.6.